The van der Waals surface area contributed by atoms with Crippen LogP contribution in [0.1, 0.15) is 12.8 Å². The van der Waals surface area contributed by atoms with Crippen LogP contribution in [0.25, 0.3) is 0 Å². The molecule has 1 aromatic carbocycles. The van der Waals surface area contributed by atoms with Crippen molar-refractivity contribution in [3.05, 3.63) is 30.3 Å². The first-order chi connectivity index (χ1) is 11.1. The Morgan fingerprint density at radius 1 is 1.09 bits per heavy atom. The summed E-state index contributed by atoms with van der Waals surface area (Å²) in [5.41, 5.74) is 0.519. The van der Waals surface area contributed by atoms with E-state index in [2.05, 4.69) is 0 Å². The number of carbonyl (C=O) groups is 3. The maximum Gasteiger partial charge on any atom is 0.332 e. The smallest absolute Gasteiger partial charge is 0.332 e. The monoisotopic (exact) mass is 311 g/mol. The van der Waals surface area contributed by atoms with Gasteiger partial charge < -0.3 is 9.80 Å². The lowest BCUT2D eigenvalue weighted by atomic mass is 10.1. The van der Waals surface area contributed by atoms with Crippen molar-refractivity contribution in [1.82, 2.24) is 9.80 Å². The Morgan fingerprint density at radius 2 is 1.78 bits per heavy atom. The largest absolute Gasteiger partial charge is 0.338 e. The molecule has 0 spiro atoms. The highest BCUT2D eigenvalue weighted by Gasteiger charge is 2.75. The molecule has 2 saturated carbocycles. The molecule has 118 valence electrons. The van der Waals surface area contributed by atoms with Gasteiger partial charge >= 0.3 is 6.03 Å². The first-order valence-corrected chi connectivity index (χ1v) is 8.11. The third-order valence-electron chi connectivity index (χ3n) is 5.73. The van der Waals surface area contributed by atoms with E-state index in [0.717, 1.165) is 12.8 Å². The van der Waals surface area contributed by atoms with Crippen LogP contribution in [0.15, 0.2) is 30.3 Å². The van der Waals surface area contributed by atoms with Crippen LogP contribution < -0.4 is 4.90 Å². The van der Waals surface area contributed by atoms with Gasteiger partial charge in [0.25, 0.3) is 5.91 Å². The van der Waals surface area contributed by atoms with Crippen molar-refractivity contribution in [1.29, 1.82) is 0 Å². The molecule has 4 fully saturated rings. The second-order valence-electron chi connectivity index (χ2n) is 7.01. The van der Waals surface area contributed by atoms with Crippen molar-refractivity contribution in [2.75, 3.05) is 24.5 Å². The van der Waals surface area contributed by atoms with Gasteiger partial charge in [0.15, 0.2) is 0 Å². The van der Waals surface area contributed by atoms with E-state index in [0.29, 0.717) is 31.2 Å². The minimum Gasteiger partial charge on any atom is -0.338 e. The zero-order valence-corrected chi connectivity index (χ0v) is 12.6. The van der Waals surface area contributed by atoms with Crippen LogP contribution in [-0.2, 0) is 9.59 Å². The van der Waals surface area contributed by atoms with Crippen molar-refractivity contribution in [3.63, 3.8) is 0 Å². The van der Waals surface area contributed by atoms with Gasteiger partial charge in [-0.25, -0.2) is 9.69 Å². The molecule has 5 rings (SSSR count). The number of hydrogen-bond acceptors (Lipinski definition) is 3. The zero-order valence-electron chi connectivity index (χ0n) is 12.6. The topological polar surface area (TPSA) is 60.9 Å². The summed E-state index contributed by atoms with van der Waals surface area (Å²) in [4.78, 5) is 42.5. The van der Waals surface area contributed by atoms with Gasteiger partial charge in [0.05, 0.1) is 17.6 Å². The van der Waals surface area contributed by atoms with Crippen LogP contribution in [0, 0.1) is 11.3 Å². The molecular weight excluding hydrogens is 294 g/mol. The lowest BCUT2D eigenvalue weighted by molar-refractivity contribution is -0.138. The van der Waals surface area contributed by atoms with Gasteiger partial charge in [-0.05, 0) is 30.9 Å². The first-order valence-electron chi connectivity index (χ1n) is 8.11. The third kappa shape index (κ3) is 1.66. The lowest BCUT2D eigenvalue weighted by Crippen LogP contribution is -2.55. The molecule has 4 aliphatic rings. The Bertz CT molecular complexity index is 726. The van der Waals surface area contributed by atoms with Crippen LogP contribution >= 0.6 is 0 Å². The number of urea groups is 1. The molecule has 0 bridgehead atoms. The van der Waals surface area contributed by atoms with E-state index in [1.807, 2.05) is 18.2 Å². The van der Waals surface area contributed by atoms with Crippen molar-refractivity contribution in [3.8, 4) is 0 Å². The van der Waals surface area contributed by atoms with E-state index in [9.17, 15) is 14.4 Å². The number of carbonyl (C=O) groups excluding carboxylic acids is 3. The number of para-hydroxylation sites is 1. The molecule has 0 radical (unpaired) electrons. The molecule has 4 amide bonds. The number of nitrogens with zero attached hydrogens (tertiary/aromatic N) is 3. The number of anilines is 1. The molecule has 0 N–H and O–H groups in total. The molecule has 1 atom stereocenters. The Kier molecular flexibility index (Phi) is 2.35. The minimum atomic E-state index is -0.534. The second-order valence-corrected chi connectivity index (χ2v) is 7.01. The number of hydrogen-bond donors (Lipinski definition) is 0. The molecule has 6 nitrogen and oxygen atoms in total. The van der Waals surface area contributed by atoms with E-state index >= 15 is 0 Å². The maximum atomic E-state index is 12.7. The molecule has 6 heteroatoms. The van der Waals surface area contributed by atoms with Gasteiger partial charge in [0.1, 0.15) is 6.04 Å². The average molecular weight is 311 g/mol. The number of fused-ring (bicyclic) bond motifs is 2. The van der Waals surface area contributed by atoms with E-state index in [1.165, 1.54) is 4.90 Å². The van der Waals surface area contributed by atoms with Crippen LogP contribution in [-0.4, -0.2) is 53.3 Å². The minimum absolute atomic E-state index is 0.0764. The quantitative estimate of drug-likeness (QED) is 0.768. The standard InChI is InChI=1S/C17H17N3O3/c21-14-13-10-18(15(22)17-8-11(17)9-17)6-7-19(13)16(23)20(14)12-4-2-1-3-5-12/h1-5,11,13H,6-10H2. The van der Waals surface area contributed by atoms with E-state index < -0.39 is 6.04 Å². The highest BCUT2D eigenvalue weighted by atomic mass is 16.2. The fourth-order valence-corrected chi connectivity index (χ4v) is 3.96. The second kappa shape index (κ2) is 4.13. The summed E-state index contributed by atoms with van der Waals surface area (Å²) in [6, 6.07) is 8.18. The predicted octanol–water partition coefficient (Wildman–Crippen LogP) is 1.08. The van der Waals surface area contributed by atoms with Crippen molar-refractivity contribution < 1.29 is 14.4 Å². The number of imide groups is 1. The van der Waals surface area contributed by atoms with Gasteiger partial charge in [-0.15, -0.1) is 0 Å². The summed E-state index contributed by atoms with van der Waals surface area (Å²) in [5, 5.41) is 0. The summed E-state index contributed by atoms with van der Waals surface area (Å²) in [6.45, 7) is 1.30. The van der Waals surface area contributed by atoms with E-state index in [-0.39, 0.29) is 23.3 Å². The maximum absolute atomic E-state index is 12.7. The molecular formula is C17H17N3O3. The molecule has 1 aromatic rings. The summed E-state index contributed by atoms with van der Waals surface area (Å²) in [5.74, 6) is 0.565. The highest BCUT2D eigenvalue weighted by Crippen LogP contribution is 2.76. The molecule has 0 aromatic heterocycles. The summed E-state index contributed by atoms with van der Waals surface area (Å²) in [7, 11) is 0. The summed E-state index contributed by atoms with van der Waals surface area (Å²) < 4.78 is 0. The van der Waals surface area contributed by atoms with Crippen LogP contribution in [0.3, 0.4) is 0 Å². The summed E-state index contributed by atoms with van der Waals surface area (Å²) in [6.07, 6.45) is 2.03. The molecule has 2 saturated heterocycles. The van der Waals surface area contributed by atoms with E-state index in [1.54, 1.807) is 21.9 Å². The lowest BCUT2D eigenvalue weighted by Gasteiger charge is -2.36. The molecule has 2 aliphatic carbocycles. The van der Waals surface area contributed by atoms with Crippen molar-refractivity contribution in [2.45, 2.75) is 18.9 Å². The van der Waals surface area contributed by atoms with Crippen molar-refractivity contribution >= 4 is 23.5 Å². The van der Waals surface area contributed by atoms with Gasteiger partial charge in [-0.3, -0.25) is 9.59 Å². The Hall–Kier alpha value is -2.37. The number of benzene rings is 1. The molecule has 2 heterocycles. The van der Waals surface area contributed by atoms with Crippen molar-refractivity contribution in [2.24, 2.45) is 11.3 Å². The van der Waals surface area contributed by atoms with Crippen LogP contribution in [0.5, 0.6) is 0 Å². The normalized spacial score (nSPS) is 34.3. The molecule has 23 heavy (non-hydrogen) atoms. The first kappa shape index (κ1) is 13.1. The SMILES string of the molecule is O=C1C2CN(C(=O)C34CC3C4)CCN2C(=O)N1c1ccccc1. The predicted molar refractivity (Wildman–Crippen MR) is 81.6 cm³/mol. The van der Waals surface area contributed by atoms with Gasteiger partial charge in [-0.2, -0.15) is 0 Å². The summed E-state index contributed by atoms with van der Waals surface area (Å²) >= 11 is 0. The number of piperazine rings is 1. The van der Waals surface area contributed by atoms with Gasteiger partial charge in [0, 0.05) is 13.1 Å². The Labute approximate surface area is 133 Å². The van der Waals surface area contributed by atoms with E-state index in [4.69, 9.17) is 0 Å². The number of amides is 4. The Balaban J connectivity index is 1.39. The highest BCUT2D eigenvalue weighted by molar-refractivity contribution is 6.21. The number of rotatable bonds is 2. The fourth-order valence-electron chi connectivity index (χ4n) is 3.96. The van der Waals surface area contributed by atoms with Crippen LogP contribution in [0.2, 0.25) is 0 Å². The van der Waals surface area contributed by atoms with Crippen LogP contribution in [0.4, 0.5) is 10.5 Å². The average Bonchev–Trinajstić information content (AvgIpc) is 3.43. The van der Waals surface area contributed by atoms with Gasteiger partial charge in [0.2, 0.25) is 5.91 Å². The Morgan fingerprint density at radius 3 is 2.43 bits per heavy atom. The third-order valence-corrected chi connectivity index (χ3v) is 5.73. The zero-order chi connectivity index (χ0) is 15.8. The van der Waals surface area contributed by atoms with Gasteiger partial charge in [-0.1, -0.05) is 18.2 Å². The fraction of sp³-hybridized carbons (Fsp3) is 0.471. The molecule has 2 aliphatic heterocycles. The molecule has 1 unspecified atom stereocenters.